The Bertz CT molecular complexity index is 843. The van der Waals surface area contributed by atoms with Crippen LogP contribution in [0.1, 0.15) is 22.6 Å². The summed E-state index contributed by atoms with van der Waals surface area (Å²) >= 11 is 0. The van der Waals surface area contributed by atoms with E-state index >= 15 is 0 Å². The Morgan fingerprint density at radius 3 is 1.77 bits per heavy atom. The zero-order valence-electron chi connectivity index (χ0n) is 14.8. The van der Waals surface area contributed by atoms with Crippen LogP contribution in [-0.2, 0) is 0 Å². The maximum absolute atomic E-state index is 9.85. The lowest BCUT2D eigenvalue weighted by atomic mass is 9.84. The molecule has 4 nitrogen and oxygen atoms in total. The maximum atomic E-state index is 9.85. The van der Waals surface area contributed by atoms with Gasteiger partial charge >= 0.3 is 0 Å². The van der Waals surface area contributed by atoms with E-state index in [4.69, 9.17) is 9.47 Å². The average molecular weight is 347 g/mol. The first-order valence-electron chi connectivity index (χ1n) is 8.32. The molecule has 0 aliphatic rings. The molecule has 3 aromatic carbocycles. The number of nitrogens with zero attached hydrogens (tertiary/aromatic N) is 1. The fraction of sp³-hybridized carbons (Fsp3) is 0.136. The van der Waals surface area contributed by atoms with E-state index in [0.29, 0.717) is 5.71 Å². The van der Waals surface area contributed by atoms with Gasteiger partial charge in [0, 0.05) is 5.56 Å². The molecule has 0 saturated heterocycles. The van der Waals surface area contributed by atoms with E-state index in [1.54, 1.807) is 14.2 Å². The molecule has 0 aliphatic carbocycles. The summed E-state index contributed by atoms with van der Waals surface area (Å²) in [6.07, 6.45) is 0. The molecule has 4 heteroatoms. The van der Waals surface area contributed by atoms with Crippen LogP contribution in [0.25, 0.3) is 0 Å². The second-order valence-corrected chi connectivity index (χ2v) is 5.84. The van der Waals surface area contributed by atoms with Gasteiger partial charge in [0.2, 0.25) is 0 Å². The van der Waals surface area contributed by atoms with Crippen molar-refractivity contribution < 1.29 is 14.7 Å². The van der Waals surface area contributed by atoms with Crippen LogP contribution >= 0.6 is 0 Å². The van der Waals surface area contributed by atoms with Gasteiger partial charge in [-0.2, -0.15) is 0 Å². The van der Waals surface area contributed by atoms with Crippen molar-refractivity contribution in [3.05, 3.63) is 95.6 Å². The third-order valence-corrected chi connectivity index (χ3v) is 4.30. The van der Waals surface area contributed by atoms with Crippen LogP contribution in [0.2, 0.25) is 0 Å². The minimum atomic E-state index is -0.271. The van der Waals surface area contributed by atoms with Gasteiger partial charge < -0.3 is 14.7 Å². The van der Waals surface area contributed by atoms with Gasteiger partial charge in [-0.25, -0.2) is 0 Å². The number of rotatable bonds is 6. The van der Waals surface area contributed by atoms with Gasteiger partial charge in [0.1, 0.15) is 11.5 Å². The molecule has 3 aromatic rings. The van der Waals surface area contributed by atoms with Crippen molar-refractivity contribution in [2.45, 2.75) is 5.92 Å². The Morgan fingerprint density at radius 1 is 0.769 bits per heavy atom. The van der Waals surface area contributed by atoms with Crippen molar-refractivity contribution in [2.75, 3.05) is 14.2 Å². The van der Waals surface area contributed by atoms with Crippen molar-refractivity contribution in [3.63, 3.8) is 0 Å². The fourth-order valence-electron chi connectivity index (χ4n) is 3.04. The number of hydrogen-bond acceptors (Lipinski definition) is 4. The third-order valence-electron chi connectivity index (χ3n) is 4.30. The van der Waals surface area contributed by atoms with Crippen molar-refractivity contribution in [1.29, 1.82) is 0 Å². The summed E-state index contributed by atoms with van der Waals surface area (Å²) in [7, 11) is 3.27. The molecule has 0 fully saturated rings. The van der Waals surface area contributed by atoms with Crippen molar-refractivity contribution in [2.24, 2.45) is 5.16 Å². The minimum Gasteiger partial charge on any atom is -0.497 e. The SMILES string of the molecule is COc1cccc(C(/C(=N\O)c2ccccc2)c2cccc(OC)c2)c1. The molecule has 132 valence electrons. The maximum Gasteiger partial charge on any atom is 0.119 e. The van der Waals surface area contributed by atoms with Gasteiger partial charge in [-0.05, 0) is 35.4 Å². The number of methoxy groups -OCH3 is 2. The summed E-state index contributed by atoms with van der Waals surface area (Å²) in [5, 5.41) is 13.5. The first kappa shape index (κ1) is 17.5. The van der Waals surface area contributed by atoms with E-state index in [9.17, 15) is 5.21 Å². The topological polar surface area (TPSA) is 51.0 Å². The second kappa shape index (κ2) is 8.21. The Kier molecular flexibility index (Phi) is 5.54. The zero-order chi connectivity index (χ0) is 18.4. The smallest absolute Gasteiger partial charge is 0.119 e. The molecule has 0 aromatic heterocycles. The molecular weight excluding hydrogens is 326 g/mol. The van der Waals surface area contributed by atoms with E-state index < -0.39 is 0 Å². The lowest BCUT2D eigenvalue weighted by Gasteiger charge is -2.21. The number of benzene rings is 3. The lowest BCUT2D eigenvalue weighted by Crippen LogP contribution is -2.16. The van der Waals surface area contributed by atoms with Crippen LogP contribution in [0.4, 0.5) is 0 Å². The van der Waals surface area contributed by atoms with Gasteiger partial charge in [0.05, 0.1) is 25.8 Å². The summed E-state index contributed by atoms with van der Waals surface area (Å²) in [5.41, 5.74) is 3.35. The van der Waals surface area contributed by atoms with Crippen molar-refractivity contribution in [3.8, 4) is 11.5 Å². The summed E-state index contributed by atoms with van der Waals surface area (Å²) in [4.78, 5) is 0. The molecule has 0 amide bonds. The Hall–Kier alpha value is -3.27. The highest BCUT2D eigenvalue weighted by Crippen LogP contribution is 2.32. The zero-order valence-corrected chi connectivity index (χ0v) is 14.8. The normalized spacial score (nSPS) is 11.4. The van der Waals surface area contributed by atoms with Crippen LogP contribution < -0.4 is 9.47 Å². The Morgan fingerprint density at radius 2 is 1.31 bits per heavy atom. The lowest BCUT2D eigenvalue weighted by molar-refractivity contribution is 0.317. The highest BCUT2D eigenvalue weighted by atomic mass is 16.5. The molecular formula is C22H21NO3. The highest BCUT2D eigenvalue weighted by molar-refractivity contribution is 6.06. The molecule has 0 unspecified atom stereocenters. The predicted octanol–water partition coefficient (Wildman–Crippen LogP) is 4.71. The van der Waals surface area contributed by atoms with Gasteiger partial charge in [-0.3, -0.25) is 0 Å². The summed E-state index contributed by atoms with van der Waals surface area (Å²) in [6.45, 7) is 0. The van der Waals surface area contributed by atoms with Crippen LogP contribution in [0.3, 0.4) is 0 Å². The Labute approximate surface area is 153 Å². The molecule has 0 aliphatic heterocycles. The highest BCUT2D eigenvalue weighted by Gasteiger charge is 2.24. The summed E-state index contributed by atoms with van der Waals surface area (Å²) in [5.74, 6) is 1.23. The molecule has 3 rings (SSSR count). The van der Waals surface area contributed by atoms with E-state index in [0.717, 1.165) is 28.2 Å². The van der Waals surface area contributed by atoms with Crippen LogP contribution in [0.5, 0.6) is 11.5 Å². The van der Waals surface area contributed by atoms with E-state index in [1.165, 1.54) is 0 Å². The first-order chi connectivity index (χ1) is 12.8. The fourth-order valence-corrected chi connectivity index (χ4v) is 3.04. The van der Waals surface area contributed by atoms with E-state index in [-0.39, 0.29) is 5.92 Å². The van der Waals surface area contributed by atoms with Crippen LogP contribution in [0, 0.1) is 0 Å². The van der Waals surface area contributed by atoms with E-state index in [1.807, 2.05) is 78.9 Å². The van der Waals surface area contributed by atoms with E-state index in [2.05, 4.69) is 5.16 Å². The Balaban J connectivity index is 2.17. The molecule has 0 saturated carbocycles. The van der Waals surface area contributed by atoms with Crippen molar-refractivity contribution >= 4 is 5.71 Å². The largest absolute Gasteiger partial charge is 0.497 e. The molecule has 0 heterocycles. The second-order valence-electron chi connectivity index (χ2n) is 5.84. The summed E-state index contributed by atoms with van der Waals surface area (Å²) in [6, 6.07) is 25.2. The molecule has 0 radical (unpaired) electrons. The number of oxime groups is 1. The number of hydrogen-bond donors (Lipinski definition) is 1. The molecule has 26 heavy (non-hydrogen) atoms. The average Bonchev–Trinajstić information content (AvgIpc) is 2.72. The quantitative estimate of drug-likeness (QED) is 0.399. The van der Waals surface area contributed by atoms with Gasteiger partial charge in [-0.15, -0.1) is 0 Å². The van der Waals surface area contributed by atoms with Gasteiger partial charge in [0.15, 0.2) is 0 Å². The van der Waals surface area contributed by atoms with Crippen molar-refractivity contribution in [1.82, 2.24) is 0 Å². The van der Waals surface area contributed by atoms with Gasteiger partial charge in [-0.1, -0.05) is 59.8 Å². The molecule has 0 atom stereocenters. The first-order valence-corrected chi connectivity index (χ1v) is 8.32. The van der Waals surface area contributed by atoms with Crippen LogP contribution in [-0.4, -0.2) is 25.1 Å². The monoisotopic (exact) mass is 347 g/mol. The minimum absolute atomic E-state index is 0.271. The van der Waals surface area contributed by atoms with Gasteiger partial charge in [0.25, 0.3) is 0 Å². The molecule has 1 N–H and O–H groups in total. The summed E-state index contributed by atoms with van der Waals surface area (Å²) < 4.78 is 10.8. The number of ether oxygens (including phenoxy) is 2. The standard InChI is InChI=1S/C22H21NO3/c1-25-19-12-6-10-17(14-19)21(18-11-7-13-20(15-18)26-2)22(23-24)16-8-4-3-5-9-16/h3-15,21,24H,1-2H3/b23-22-. The molecule has 0 bridgehead atoms. The predicted molar refractivity (Wildman–Crippen MR) is 103 cm³/mol. The third kappa shape index (κ3) is 3.70. The molecule has 0 spiro atoms. The van der Waals surface area contributed by atoms with Crippen LogP contribution in [0.15, 0.2) is 84.0 Å².